The minimum absolute atomic E-state index is 0.222. The quantitative estimate of drug-likeness (QED) is 0.0965. The van der Waals surface area contributed by atoms with Crippen LogP contribution >= 0.6 is 0 Å². The SMILES string of the molecule is CC1(C)c2cc(-c3ccc4oc5ccccc5c4c3)ccc2-c2ccc(N(c3ccc(-c4ccc(-c5ccccc5)cc4)cc3)c3ccc(-c4ccc(-c5ccccc5)cc4)cc3)cc21.CC1(C)c2cc(-c3ccc4oc5ccccc5c4c3)ccc2-c2ccc(N(c3ccc(-c4cccc(-c5ccccc5)c4)cc3)c3ccc(-c4cccc(-c5ccccc5)c4)cc3)cc21. The molecule has 2 aliphatic rings. The number of benzene rings is 20. The Balaban J connectivity index is 0.000000148. The maximum Gasteiger partial charge on any atom is 0.135 e. The van der Waals surface area contributed by atoms with Gasteiger partial charge in [-0.15, -0.1) is 0 Å². The summed E-state index contributed by atoms with van der Waals surface area (Å²) < 4.78 is 12.3. The molecule has 0 unspecified atom stereocenters. The summed E-state index contributed by atoms with van der Waals surface area (Å²) in [6.07, 6.45) is 0. The van der Waals surface area contributed by atoms with Crippen LogP contribution in [0.1, 0.15) is 49.9 Å². The van der Waals surface area contributed by atoms with Gasteiger partial charge in [0, 0.05) is 66.5 Å². The van der Waals surface area contributed by atoms with Crippen molar-refractivity contribution in [3.63, 3.8) is 0 Å². The molecule has 0 bridgehead atoms. The van der Waals surface area contributed by atoms with Crippen LogP contribution in [0.4, 0.5) is 34.1 Å². The molecular formula is C126H90N2O2. The highest BCUT2D eigenvalue weighted by atomic mass is 16.3. The molecule has 2 aromatic heterocycles. The fourth-order valence-corrected chi connectivity index (χ4v) is 20.0. The predicted octanol–water partition coefficient (Wildman–Crippen LogP) is 35.4. The molecule has 22 aromatic rings. The van der Waals surface area contributed by atoms with Crippen molar-refractivity contribution >= 4 is 78.0 Å². The molecule has 2 heterocycles. The minimum Gasteiger partial charge on any atom is -0.456 e. The number of furan rings is 2. The zero-order chi connectivity index (χ0) is 87.0. The Bertz CT molecular complexity index is 7760. The molecule has 616 valence electrons. The van der Waals surface area contributed by atoms with Crippen LogP contribution in [-0.4, -0.2) is 0 Å². The summed E-state index contributed by atoms with van der Waals surface area (Å²) in [5, 5.41) is 4.59. The smallest absolute Gasteiger partial charge is 0.135 e. The van der Waals surface area contributed by atoms with E-state index < -0.39 is 0 Å². The van der Waals surface area contributed by atoms with Gasteiger partial charge in [0.15, 0.2) is 0 Å². The van der Waals surface area contributed by atoms with Crippen LogP contribution in [0.2, 0.25) is 0 Å². The van der Waals surface area contributed by atoms with Gasteiger partial charge in [-0.25, -0.2) is 0 Å². The number of para-hydroxylation sites is 2. The van der Waals surface area contributed by atoms with Crippen LogP contribution < -0.4 is 9.80 Å². The van der Waals surface area contributed by atoms with Crippen molar-refractivity contribution in [2.75, 3.05) is 9.80 Å². The molecule has 0 aliphatic heterocycles. The standard InChI is InChI=1S/2C63H45NO/c1-63(2)59-40-51(50-28-36-62-58(39-50)57-21-9-10-22-61(57)65-62)27-34-55(59)56-35-33-54(41-60(56)63)64(52-29-23-44(24-30-52)48-19-11-17-46(37-48)42-13-5-3-6-14-42)53-31-25-45(26-32-53)49-20-12-18-47(38-49)43-15-7-4-8-16-43;1-63(2)59-40-51(50-30-38-62-58(39-50)57-15-9-10-16-61(57)65-62)29-36-55(59)56-37-35-54(41-60(56)63)64(52-31-25-48(26-32-52)46-21-17-44(18-22-46)42-11-5-3-6-12-42)53-33-27-49(28-34-53)47-23-19-45(20-24-47)43-13-7-4-8-14-43/h2*3-41H,1-2H3. The van der Waals surface area contributed by atoms with E-state index in [4.69, 9.17) is 8.83 Å². The molecule has 0 N–H and O–H groups in total. The first-order chi connectivity index (χ1) is 63.9. The summed E-state index contributed by atoms with van der Waals surface area (Å²) in [7, 11) is 0. The molecule has 0 amide bonds. The van der Waals surface area contributed by atoms with Gasteiger partial charge in [-0.2, -0.15) is 0 Å². The van der Waals surface area contributed by atoms with E-state index in [1.807, 2.05) is 24.3 Å². The van der Waals surface area contributed by atoms with E-state index in [-0.39, 0.29) is 10.8 Å². The van der Waals surface area contributed by atoms with Crippen molar-refractivity contribution in [1.82, 2.24) is 0 Å². The normalized spacial score (nSPS) is 12.6. The molecule has 2 aliphatic carbocycles. The second-order valence-electron chi connectivity index (χ2n) is 35.5. The van der Waals surface area contributed by atoms with E-state index >= 15 is 0 Å². The Morgan fingerprint density at radius 1 is 0.146 bits per heavy atom. The molecule has 130 heavy (non-hydrogen) atoms. The van der Waals surface area contributed by atoms with Gasteiger partial charge in [0.25, 0.3) is 0 Å². The van der Waals surface area contributed by atoms with Crippen molar-refractivity contribution in [3.05, 3.63) is 495 Å². The topological polar surface area (TPSA) is 32.8 Å². The zero-order valence-corrected chi connectivity index (χ0v) is 72.7. The van der Waals surface area contributed by atoms with Crippen LogP contribution in [0.15, 0.2) is 482 Å². The van der Waals surface area contributed by atoms with Crippen molar-refractivity contribution in [2.24, 2.45) is 0 Å². The third-order valence-electron chi connectivity index (χ3n) is 27.0. The van der Waals surface area contributed by atoms with Gasteiger partial charge in [-0.1, -0.05) is 367 Å². The summed E-state index contributed by atoms with van der Waals surface area (Å²) in [4.78, 5) is 4.81. The highest BCUT2D eigenvalue weighted by molar-refractivity contribution is 6.08. The average Bonchev–Trinajstić information content (AvgIpc) is 1.57. The fourth-order valence-electron chi connectivity index (χ4n) is 20.0. The van der Waals surface area contributed by atoms with E-state index in [1.165, 1.54) is 156 Å². The van der Waals surface area contributed by atoms with Crippen LogP contribution in [-0.2, 0) is 10.8 Å². The summed E-state index contributed by atoms with van der Waals surface area (Å²) in [6, 6.07) is 172. The molecule has 0 saturated carbocycles. The fraction of sp³-hybridized carbons (Fsp3) is 0.0476. The first-order valence-electron chi connectivity index (χ1n) is 45.0. The lowest BCUT2D eigenvalue weighted by atomic mass is 9.81. The Kier molecular flexibility index (Phi) is 19.6. The molecule has 0 fully saturated rings. The lowest BCUT2D eigenvalue weighted by Gasteiger charge is -2.28. The summed E-state index contributed by atoms with van der Waals surface area (Å²) in [5.74, 6) is 0. The van der Waals surface area contributed by atoms with E-state index in [2.05, 4.69) is 486 Å². The molecule has 4 nitrogen and oxygen atoms in total. The molecule has 0 atom stereocenters. The summed E-state index contributed by atoms with van der Waals surface area (Å²) >= 11 is 0. The van der Waals surface area contributed by atoms with Crippen molar-refractivity contribution in [3.8, 4) is 134 Å². The second-order valence-corrected chi connectivity index (χ2v) is 35.5. The largest absolute Gasteiger partial charge is 0.456 e. The van der Waals surface area contributed by atoms with Crippen LogP contribution in [0, 0.1) is 0 Å². The van der Waals surface area contributed by atoms with Gasteiger partial charge in [-0.05, 0) is 289 Å². The number of rotatable bonds is 16. The zero-order valence-electron chi connectivity index (χ0n) is 72.7. The van der Waals surface area contributed by atoms with E-state index in [0.717, 1.165) is 78.0 Å². The minimum atomic E-state index is -0.226. The third kappa shape index (κ3) is 14.4. The Morgan fingerprint density at radius 2 is 0.346 bits per heavy atom. The lowest BCUT2D eigenvalue weighted by Crippen LogP contribution is -2.16. The molecule has 20 aromatic carbocycles. The highest BCUT2D eigenvalue weighted by Gasteiger charge is 2.39. The molecular weight excluding hydrogens is 1570 g/mol. The Labute approximate surface area is 758 Å². The van der Waals surface area contributed by atoms with Crippen LogP contribution in [0.3, 0.4) is 0 Å². The molecule has 24 rings (SSSR count). The number of nitrogens with zero attached hydrogens (tertiary/aromatic N) is 2. The van der Waals surface area contributed by atoms with E-state index in [9.17, 15) is 0 Å². The van der Waals surface area contributed by atoms with E-state index in [0.29, 0.717) is 0 Å². The van der Waals surface area contributed by atoms with Gasteiger partial charge in [-0.3, -0.25) is 0 Å². The molecule has 0 saturated heterocycles. The van der Waals surface area contributed by atoms with Gasteiger partial charge in [0.1, 0.15) is 22.3 Å². The van der Waals surface area contributed by atoms with Crippen molar-refractivity contribution in [1.29, 1.82) is 0 Å². The van der Waals surface area contributed by atoms with Crippen molar-refractivity contribution in [2.45, 2.75) is 38.5 Å². The molecule has 0 spiro atoms. The summed E-state index contributed by atoms with van der Waals surface area (Å²) in [6.45, 7) is 9.49. The van der Waals surface area contributed by atoms with Gasteiger partial charge >= 0.3 is 0 Å². The second kappa shape index (κ2) is 32.5. The maximum atomic E-state index is 6.17. The van der Waals surface area contributed by atoms with Gasteiger partial charge < -0.3 is 18.6 Å². The van der Waals surface area contributed by atoms with E-state index in [1.54, 1.807) is 0 Å². The highest BCUT2D eigenvalue weighted by Crippen LogP contribution is 2.55. The van der Waals surface area contributed by atoms with Gasteiger partial charge in [0.2, 0.25) is 0 Å². The Morgan fingerprint density at radius 3 is 0.662 bits per heavy atom. The van der Waals surface area contributed by atoms with Gasteiger partial charge in [0.05, 0.1) is 0 Å². The lowest BCUT2D eigenvalue weighted by molar-refractivity contribution is 0.660. The Hall–Kier alpha value is -16.4. The predicted molar refractivity (Wildman–Crippen MR) is 546 cm³/mol. The number of hydrogen-bond donors (Lipinski definition) is 0. The average molecular weight is 1660 g/mol. The first kappa shape index (κ1) is 78.3. The number of anilines is 6. The molecule has 0 radical (unpaired) electrons. The maximum absolute atomic E-state index is 6.17. The molecule has 4 heteroatoms. The number of fused-ring (bicyclic) bond motifs is 12. The van der Waals surface area contributed by atoms with Crippen LogP contribution in [0.25, 0.3) is 177 Å². The third-order valence-corrected chi connectivity index (χ3v) is 27.0. The number of hydrogen-bond acceptors (Lipinski definition) is 4. The monoisotopic (exact) mass is 1660 g/mol. The van der Waals surface area contributed by atoms with Crippen LogP contribution in [0.5, 0.6) is 0 Å². The summed E-state index contributed by atoms with van der Waals surface area (Å²) in [5.41, 5.74) is 44.5. The first-order valence-corrected chi connectivity index (χ1v) is 45.0. The van der Waals surface area contributed by atoms with Crippen molar-refractivity contribution < 1.29 is 8.83 Å².